The van der Waals surface area contributed by atoms with Crippen LogP contribution in [-0.2, 0) is 0 Å². The van der Waals surface area contributed by atoms with Gasteiger partial charge in [-0.15, -0.1) is 0 Å². The maximum absolute atomic E-state index is 12.2. The van der Waals surface area contributed by atoms with Gasteiger partial charge in [-0.1, -0.05) is 12.1 Å². The van der Waals surface area contributed by atoms with Crippen LogP contribution in [0.25, 0.3) is 0 Å². The lowest BCUT2D eigenvalue weighted by molar-refractivity contribution is 0.0950. The van der Waals surface area contributed by atoms with E-state index in [9.17, 15) is 10.1 Å². The van der Waals surface area contributed by atoms with Crippen LogP contribution < -0.4 is 4.74 Å². The third-order valence-electron chi connectivity index (χ3n) is 2.80. The van der Waals surface area contributed by atoms with Gasteiger partial charge in [0.25, 0.3) is 0 Å². The van der Waals surface area contributed by atoms with Crippen LogP contribution in [0.1, 0.15) is 27.8 Å². The van der Waals surface area contributed by atoms with E-state index >= 15 is 0 Å². The molecule has 4 nitrogen and oxygen atoms in total. The third kappa shape index (κ3) is 2.66. The second-order valence-corrected chi connectivity index (χ2v) is 4.11. The molecule has 0 saturated carbocycles. The van der Waals surface area contributed by atoms with Gasteiger partial charge in [0.15, 0.2) is 5.76 Å². The van der Waals surface area contributed by atoms with Gasteiger partial charge in [0.2, 0.25) is 5.78 Å². The van der Waals surface area contributed by atoms with Crippen LogP contribution in [0.3, 0.4) is 0 Å². The van der Waals surface area contributed by atoms with Crippen LogP contribution in [0.15, 0.2) is 40.8 Å². The fourth-order valence-electron chi connectivity index (χ4n) is 1.81. The molecule has 2 rings (SSSR count). The van der Waals surface area contributed by atoms with E-state index in [-0.39, 0.29) is 11.5 Å². The average Bonchev–Trinajstić information content (AvgIpc) is 2.86. The summed E-state index contributed by atoms with van der Waals surface area (Å²) in [7, 11) is 1.54. The minimum absolute atomic E-state index is 0.201. The lowest BCUT2D eigenvalue weighted by Crippen LogP contribution is -2.10. The maximum Gasteiger partial charge on any atom is 0.219 e. The number of hydrogen-bond donors (Lipinski definition) is 0. The van der Waals surface area contributed by atoms with E-state index in [1.165, 1.54) is 7.11 Å². The van der Waals surface area contributed by atoms with E-state index < -0.39 is 5.92 Å². The summed E-state index contributed by atoms with van der Waals surface area (Å²) in [5, 5.41) is 9.23. The molecule has 4 heteroatoms. The number of ketones is 1. The molecule has 0 saturated heterocycles. The molecule has 1 unspecified atom stereocenters. The zero-order valence-corrected chi connectivity index (χ0v) is 10.7. The van der Waals surface area contributed by atoms with E-state index in [4.69, 9.17) is 9.15 Å². The van der Waals surface area contributed by atoms with E-state index in [2.05, 4.69) is 0 Å². The van der Waals surface area contributed by atoms with Crippen LogP contribution in [0.5, 0.6) is 5.75 Å². The lowest BCUT2D eigenvalue weighted by atomic mass is 9.94. The third-order valence-corrected chi connectivity index (χ3v) is 2.80. The number of Topliss-reactive ketones (excluding diaryl/α,β-unsaturated/α-hetero) is 1. The number of benzene rings is 1. The summed E-state index contributed by atoms with van der Waals surface area (Å²) in [5.41, 5.74) is 0.598. The van der Waals surface area contributed by atoms with E-state index in [1.54, 1.807) is 43.3 Å². The van der Waals surface area contributed by atoms with Crippen molar-refractivity contribution in [2.24, 2.45) is 0 Å². The zero-order chi connectivity index (χ0) is 13.8. The highest BCUT2D eigenvalue weighted by atomic mass is 16.5. The number of nitriles is 1. The molecule has 1 aromatic carbocycles. The second-order valence-electron chi connectivity index (χ2n) is 4.11. The fourth-order valence-corrected chi connectivity index (χ4v) is 1.81. The molecule has 0 spiro atoms. The van der Waals surface area contributed by atoms with Gasteiger partial charge in [-0.3, -0.25) is 4.79 Å². The predicted octanol–water partition coefficient (Wildman–Crippen LogP) is 3.09. The average molecular weight is 255 g/mol. The highest BCUT2D eigenvalue weighted by Crippen LogP contribution is 2.24. The molecule has 0 aliphatic heterocycles. The molecule has 2 aromatic rings. The summed E-state index contributed by atoms with van der Waals surface area (Å²) >= 11 is 0. The molecule has 0 radical (unpaired) electrons. The molecule has 0 amide bonds. The standard InChI is InChI=1S/C15H13NO3/c1-10-6-7-14(19-10)15(17)13(9-16)11-4-3-5-12(8-11)18-2/h3-8,13H,1-2H3. The van der Waals surface area contributed by atoms with Gasteiger partial charge in [-0.05, 0) is 36.8 Å². The van der Waals surface area contributed by atoms with Crippen molar-refractivity contribution in [2.45, 2.75) is 12.8 Å². The Bertz CT molecular complexity index is 637. The molecular formula is C15H13NO3. The first-order valence-corrected chi connectivity index (χ1v) is 5.80. The van der Waals surface area contributed by atoms with Crippen molar-refractivity contribution in [3.63, 3.8) is 0 Å². The topological polar surface area (TPSA) is 63.2 Å². The molecule has 96 valence electrons. The Morgan fingerprint density at radius 1 is 1.37 bits per heavy atom. The Balaban J connectivity index is 2.34. The van der Waals surface area contributed by atoms with E-state index in [0.29, 0.717) is 17.1 Å². The van der Waals surface area contributed by atoms with Crippen LogP contribution in [-0.4, -0.2) is 12.9 Å². The van der Waals surface area contributed by atoms with Crippen molar-refractivity contribution >= 4 is 5.78 Å². The molecule has 0 bridgehead atoms. The number of hydrogen-bond acceptors (Lipinski definition) is 4. The molecule has 0 aliphatic rings. The van der Waals surface area contributed by atoms with E-state index in [0.717, 1.165) is 0 Å². The van der Waals surface area contributed by atoms with Crippen LogP contribution in [0.2, 0.25) is 0 Å². The van der Waals surface area contributed by atoms with Gasteiger partial charge >= 0.3 is 0 Å². The minimum Gasteiger partial charge on any atom is -0.497 e. The van der Waals surface area contributed by atoms with Gasteiger partial charge in [0.05, 0.1) is 13.2 Å². The van der Waals surface area contributed by atoms with Gasteiger partial charge in [0, 0.05) is 0 Å². The minimum atomic E-state index is -0.888. The van der Waals surface area contributed by atoms with Crippen molar-refractivity contribution in [3.8, 4) is 11.8 Å². The summed E-state index contributed by atoms with van der Waals surface area (Å²) < 4.78 is 10.4. The Labute approximate surface area is 111 Å². The lowest BCUT2D eigenvalue weighted by Gasteiger charge is -2.08. The number of methoxy groups -OCH3 is 1. The maximum atomic E-state index is 12.2. The first-order valence-electron chi connectivity index (χ1n) is 5.80. The largest absolute Gasteiger partial charge is 0.497 e. The first-order chi connectivity index (χ1) is 9.15. The summed E-state index contributed by atoms with van der Waals surface area (Å²) in [6, 6.07) is 12.2. The smallest absolute Gasteiger partial charge is 0.219 e. The van der Waals surface area contributed by atoms with Crippen molar-refractivity contribution < 1.29 is 13.9 Å². The molecule has 0 fully saturated rings. The highest BCUT2D eigenvalue weighted by molar-refractivity contribution is 6.00. The molecule has 1 heterocycles. The molecule has 0 aliphatic carbocycles. The summed E-state index contributed by atoms with van der Waals surface area (Å²) in [6.45, 7) is 1.75. The summed E-state index contributed by atoms with van der Waals surface area (Å²) in [6.07, 6.45) is 0. The van der Waals surface area contributed by atoms with Crippen molar-refractivity contribution in [2.75, 3.05) is 7.11 Å². The van der Waals surface area contributed by atoms with Crippen LogP contribution in [0, 0.1) is 18.3 Å². The SMILES string of the molecule is COc1cccc(C(C#N)C(=O)c2ccc(C)o2)c1. The normalized spacial score (nSPS) is 11.6. The Hall–Kier alpha value is -2.54. The van der Waals surface area contributed by atoms with Crippen molar-refractivity contribution in [1.82, 2.24) is 0 Å². The van der Waals surface area contributed by atoms with Crippen LogP contribution in [0.4, 0.5) is 0 Å². The van der Waals surface area contributed by atoms with Crippen LogP contribution >= 0.6 is 0 Å². The van der Waals surface area contributed by atoms with Gasteiger partial charge in [-0.2, -0.15) is 5.26 Å². The number of carbonyl (C=O) groups excluding carboxylic acids is 1. The first kappa shape index (κ1) is 12.9. The Morgan fingerprint density at radius 2 is 2.16 bits per heavy atom. The summed E-state index contributed by atoms with van der Waals surface area (Å²) in [4.78, 5) is 12.2. The highest BCUT2D eigenvalue weighted by Gasteiger charge is 2.24. The van der Waals surface area contributed by atoms with Crippen molar-refractivity contribution in [1.29, 1.82) is 5.26 Å². The van der Waals surface area contributed by atoms with Gasteiger partial charge in [-0.25, -0.2) is 0 Å². The number of carbonyl (C=O) groups is 1. The number of aryl methyl sites for hydroxylation is 1. The second kappa shape index (κ2) is 5.40. The predicted molar refractivity (Wildman–Crippen MR) is 69.1 cm³/mol. The number of furan rings is 1. The van der Waals surface area contributed by atoms with Gasteiger partial charge in [0.1, 0.15) is 17.4 Å². The zero-order valence-electron chi connectivity index (χ0n) is 10.7. The van der Waals surface area contributed by atoms with Gasteiger partial charge < -0.3 is 9.15 Å². The molecule has 0 N–H and O–H groups in total. The summed E-state index contributed by atoms with van der Waals surface area (Å²) in [5.74, 6) is 0.225. The van der Waals surface area contributed by atoms with Crippen molar-refractivity contribution in [3.05, 3.63) is 53.5 Å². The Morgan fingerprint density at radius 3 is 2.74 bits per heavy atom. The van der Waals surface area contributed by atoms with E-state index in [1.807, 2.05) is 6.07 Å². The quantitative estimate of drug-likeness (QED) is 0.787. The number of nitrogens with zero attached hydrogens (tertiary/aromatic N) is 1. The molecule has 19 heavy (non-hydrogen) atoms. The fraction of sp³-hybridized carbons (Fsp3) is 0.200. The number of ether oxygens (including phenoxy) is 1. The number of rotatable bonds is 4. The molecule has 1 aromatic heterocycles. The molecule has 1 atom stereocenters. The Kier molecular flexibility index (Phi) is 3.67. The molecular weight excluding hydrogens is 242 g/mol. The monoisotopic (exact) mass is 255 g/mol.